The molecular formula is C21H38N2O. The van der Waals surface area contributed by atoms with Gasteiger partial charge in [-0.2, -0.15) is 0 Å². The van der Waals surface area contributed by atoms with Gasteiger partial charge < -0.3 is 9.30 Å². The Labute approximate surface area is 149 Å². The van der Waals surface area contributed by atoms with Crippen LogP contribution in [0.2, 0.25) is 0 Å². The van der Waals surface area contributed by atoms with Crippen LogP contribution in [0.1, 0.15) is 90.4 Å². The van der Waals surface area contributed by atoms with Crippen molar-refractivity contribution in [1.29, 1.82) is 0 Å². The highest BCUT2D eigenvalue weighted by Gasteiger charge is 2.23. The van der Waals surface area contributed by atoms with Gasteiger partial charge in [-0.25, -0.2) is 4.98 Å². The summed E-state index contributed by atoms with van der Waals surface area (Å²) in [7, 11) is 0. The molecule has 0 spiro atoms. The van der Waals surface area contributed by atoms with E-state index in [9.17, 15) is 0 Å². The molecule has 0 aliphatic heterocycles. The van der Waals surface area contributed by atoms with Crippen molar-refractivity contribution in [1.82, 2.24) is 9.55 Å². The lowest BCUT2D eigenvalue weighted by Crippen LogP contribution is -2.27. The monoisotopic (exact) mass is 334 g/mol. The van der Waals surface area contributed by atoms with Crippen LogP contribution in [0.3, 0.4) is 0 Å². The number of hydrogen-bond acceptors (Lipinski definition) is 2. The first-order valence-corrected chi connectivity index (χ1v) is 10.5. The molecule has 1 saturated carbocycles. The van der Waals surface area contributed by atoms with Crippen LogP contribution in [0.4, 0.5) is 0 Å². The molecule has 0 radical (unpaired) electrons. The summed E-state index contributed by atoms with van der Waals surface area (Å²) in [6.07, 6.45) is 23.8. The van der Waals surface area contributed by atoms with E-state index < -0.39 is 0 Å². The first kappa shape index (κ1) is 19.5. The van der Waals surface area contributed by atoms with Gasteiger partial charge in [0.25, 0.3) is 0 Å². The lowest BCUT2D eigenvalue weighted by Gasteiger charge is -2.30. The zero-order valence-corrected chi connectivity index (χ0v) is 15.8. The van der Waals surface area contributed by atoms with Gasteiger partial charge in [0.2, 0.25) is 0 Å². The van der Waals surface area contributed by atoms with Gasteiger partial charge in [-0.1, -0.05) is 58.3 Å². The molecule has 138 valence electrons. The second-order valence-electron chi connectivity index (χ2n) is 7.52. The van der Waals surface area contributed by atoms with E-state index in [0.29, 0.717) is 6.10 Å². The van der Waals surface area contributed by atoms with Crippen LogP contribution < -0.4 is 0 Å². The van der Waals surface area contributed by atoms with Crippen molar-refractivity contribution in [3.8, 4) is 0 Å². The van der Waals surface area contributed by atoms with E-state index in [4.69, 9.17) is 4.74 Å². The summed E-state index contributed by atoms with van der Waals surface area (Å²) in [5, 5.41) is 0. The number of hydrogen-bond donors (Lipinski definition) is 0. The van der Waals surface area contributed by atoms with Gasteiger partial charge in [-0.3, -0.25) is 0 Å². The minimum atomic E-state index is 0.490. The van der Waals surface area contributed by atoms with Crippen LogP contribution in [0.5, 0.6) is 0 Å². The van der Waals surface area contributed by atoms with E-state index >= 15 is 0 Å². The molecule has 24 heavy (non-hydrogen) atoms. The van der Waals surface area contributed by atoms with Gasteiger partial charge in [0.1, 0.15) is 0 Å². The van der Waals surface area contributed by atoms with Crippen molar-refractivity contribution >= 4 is 0 Å². The van der Waals surface area contributed by atoms with Gasteiger partial charge in [-0.15, -0.1) is 0 Å². The molecule has 1 heterocycles. The zero-order valence-electron chi connectivity index (χ0n) is 15.8. The number of aromatic nitrogens is 2. The fourth-order valence-corrected chi connectivity index (χ4v) is 3.97. The molecule has 1 aliphatic carbocycles. The molecule has 1 aliphatic rings. The molecule has 2 rings (SSSR count). The van der Waals surface area contributed by atoms with Gasteiger partial charge in [-0.05, 0) is 38.0 Å². The number of nitrogens with zero attached hydrogens (tertiary/aromatic N) is 2. The first-order valence-electron chi connectivity index (χ1n) is 10.5. The molecule has 0 N–H and O–H groups in total. The highest BCUT2D eigenvalue weighted by molar-refractivity contribution is 4.77. The topological polar surface area (TPSA) is 27.1 Å². The largest absolute Gasteiger partial charge is 0.378 e. The van der Waals surface area contributed by atoms with E-state index in [1.54, 1.807) is 0 Å². The van der Waals surface area contributed by atoms with Crippen LogP contribution in [-0.2, 0) is 11.3 Å². The van der Waals surface area contributed by atoms with Crippen molar-refractivity contribution in [2.24, 2.45) is 5.92 Å². The molecule has 1 atom stereocenters. The molecule has 1 aromatic rings. The molecule has 0 saturated heterocycles. The molecule has 3 heteroatoms. The summed E-state index contributed by atoms with van der Waals surface area (Å²) in [6.45, 7) is 4.32. The summed E-state index contributed by atoms with van der Waals surface area (Å²) >= 11 is 0. The van der Waals surface area contributed by atoms with Gasteiger partial charge in [0.05, 0.1) is 12.4 Å². The number of ether oxygens (including phenoxy) is 1. The molecule has 1 fully saturated rings. The molecule has 0 amide bonds. The average Bonchev–Trinajstić information content (AvgIpc) is 3.13. The second-order valence-corrected chi connectivity index (χ2v) is 7.52. The number of rotatable bonds is 13. The Morgan fingerprint density at radius 3 is 2.58 bits per heavy atom. The van der Waals surface area contributed by atoms with Gasteiger partial charge >= 0.3 is 0 Å². The number of unbranched alkanes of at least 4 members (excludes halogenated alkanes) is 5. The fraction of sp³-hybridized carbons (Fsp3) is 0.857. The van der Waals surface area contributed by atoms with E-state index in [1.807, 2.05) is 12.5 Å². The lowest BCUT2D eigenvalue weighted by molar-refractivity contribution is -0.00818. The summed E-state index contributed by atoms with van der Waals surface area (Å²) < 4.78 is 8.57. The van der Waals surface area contributed by atoms with Crippen molar-refractivity contribution in [2.75, 3.05) is 6.61 Å². The molecule has 1 aromatic heterocycles. The Bertz CT molecular complexity index is 385. The predicted molar refractivity (Wildman–Crippen MR) is 101 cm³/mol. The average molecular weight is 335 g/mol. The van der Waals surface area contributed by atoms with E-state index in [-0.39, 0.29) is 0 Å². The van der Waals surface area contributed by atoms with Crippen LogP contribution >= 0.6 is 0 Å². The zero-order chi connectivity index (χ0) is 16.9. The van der Waals surface area contributed by atoms with Crippen molar-refractivity contribution in [3.63, 3.8) is 0 Å². The third-order valence-corrected chi connectivity index (χ3v) is 5.47. The maximum Gasteiger partial charge on any atom is 0.0945 e. The van der Waals surface area contributed by atoms with Crippen molar-refractivity contribution < 1.29 is 4.74 Å². The number of imidazole rings is 1. The molecule has 0 bridgehead atoms. The smallest absolute Gasteiger partial charge is 0.0945 e. The van der Waals surface area contributed by atoms with E-state index in [2.05, 4.69) is 22.7 Å². The fourth-order valence-electron chi connectivity index (χ4n) is 3.97. The summed E-state index contributed by atoms with van der Waals surface area (Å²) in [5.74, 6) is 0.807. The van der Waals surface area contributed by atoms with Gasteiger partial charge in [0.15, 0.2) is 0 Å². The minimum absolute atomic E-state index is 0.490. The number of aryl methyl sites for hydroxylation is 1. The third kappa shape index (κ3) is 7.83. The quantitative estimate of drug-likeness (QED) is 0.414. The van der Waals surface area contributed by atoms with Crippen LogP contribution in [0.15, 0.2) is 18.7 Å². The van der Waals surface area contributed by atoms with Crippen LogP contribution in [0, 0.1) is 5.92 Å². The Hall–Kier alpha value is -0.830. The Kier molecular flexibility index (Phi) is 10.2. The van der Waals surface area contributed by atoms with Gasteiger partial charge in [0, 0.05) is 25.5 Å². The Balaban J connectivity index is 1.64. The molecule has 3 nitrogen and oxygen atoms in total. The molecule has 1 unspecified atom stereocenters. The second kappa shape index (κ2) is 12.5. The van der Waals surface area contributed by atoms with Crippen molar-refractivity contribution in [2.45, 2.75) is 103 Å². The molecule has 0 aromatic carbocycles. The summed E-state index contributed by atoms with van der Waals surface area (Å²) in [4.78, 5) is 4.13. The molecular weight excluding hydrogens is 296 g/mol. The van der Waals surface area contributed by atoms with E-state index in [1.165, 1.54) is 83.5 Å². The lowest BCUT2D eigenvalue weighted by atomic mass is 9.83. The standard InChI is InChI=1S/C21H38N2O/c1-2-3-4-5-6-10-18-24-21(20-12-8-7-9-13-20)14-11-16-23-17-15-22-19-23/h15,17,19-21H,2-14,16,18H2,1H3. The van der Waals surface area contributed by atoms with Crippen LogP contribution in [-0.4, -0.2) is 22.3 Å². The normalized spacial score (nSPS) is 17.2. The third-order valence-electron chi connectivity index (χ3n) is 5.47. The summed E-state index contributed by atoms with van der Waals surface area (Å²) in [6, 6.07) is 0. The van der Waals surface area contributed by atoms with E-state index in [0.717, 1.165) is 19.1 Å². The predicted octanol–water partition coefficient (Wildman–Crippen LogP) is 5.99. The maximum absolute atomic E-state index is 6.38. The highest BCUT2D eigenvalue weighted by Crippen LogP contribution is 2.30. The SMILES string of the molecule is CCCCCCCCOC(CCCn1ccnc1)C1CCCCC1. The van der Waals surface area contributed by atoms with Crippen molar-refractivity contribution in [3.05, 3.63) is 18.7 Å². The Morgan fingerprint density at radius 1 is 1.04 bits per heavy atom. The highest BCUT2D eigenvalue weighted by atomic mass is 16.5. The summed E-state index contributed by atoms with van der Waals surface area (Å²) in [5.41, 5.74) is 0. The maximum atomic E-state index is 6.38. The van der Waals surface area contributed by atoms with Crippen LogP contribution in [0.25, 0.3) is 0 Å². The Morgan fingerprint density at radius 2 is 1.83 bits per heavy atom. The minimum Gasteiger partial charge on any atom is -0.378 e. The first-order chi connectivity index (χ1) is 11.9.